The number of carbonyl (C=O) groups excluding carboxylic acids is 1. The van der Waals surface area contributed by atoms with Gasteiger partial charge < -0.3 is 9.64 Å². The SMILES string of the molecule is Cc1ccc(-c2cc(C(=O)N3CC(C)OCC3(C)C)nn2C)cc1. The van der Waals surface area contributed by atoms with Gasteiger partial charge in [0, 0.05) is 13.6 Å². The number of nitrogens with zero attached hydrogens (tertiary/aromatic N) is 3. The van der Waals surface area contributed by atoms with E-state index in [9.17, 15) is 4.79 Å². The quantitative estimate of drug-likeness (QED) is 0.852. The van der Waals surface area contributed by atoms with Crippen molar-refractivity contribution in [2.75, 3.05) is 13.2 Å². The zero-order valence-electron chi connectivity index (χ0n) is 15.0. The molecule has 0 spiro atoms. The normalized spacial score (nSPS) is 20.2. The molecule has 3 rings (SSSR count). The van der Waals surface area contributed by atoms with Crippen molar-refractivity contribution in [1.82, 2.24) is 14.7 Å². The number of ether oxygens (including phenoxy) is 1. The largest absolute Gasteiger partial charge is 0.374 e. The summed E-state index contributed by atoms with van der Waals surface area (Å²) in [5.74, 6) is -0.0379. The molecule has 2 heterocycles. The molecule has 2 aromatic rings. The average molecular weight is 327 g/mol. The molecule has 5 heteroatoms. The first-order valence-electron chi connectivity index (χ1n) is 8.32. The Hall–Kier alpha value is -2.14. The Labute approximate surface area is 143 Å². The minimum absolute atomic E-state index is 0.0379. The Balaban J connectivity index is 1.91. The summed E-state index contributed by atoms with van der Waals surface area (Å²) in [7, 11) is 1.87. The minimum Gasteiger partial charge on any atom is -0.374 e. The number of amides is 1. The molecule has 1 aromatic heterocycles. The monoisotopic (exact) mass is 327 g/mol. The summed E-state index contributed by atoms with van der Waals surface area (Å²) in [5, 5.41) is 4.46. The predicted octanol–water partition coefficient (Wildman–Crippen LogP) is 3.04. The number of carbonyl (C=O) groups is 1. The molecule has 1 aliphatic heterocycles. The molecule has 0 bridgehead atoms. The predicted molar refractivity (Wildman–Crippen MR) is 93.9 cm³/mol. The van der Waals surface area contributed by atoms with Gasteiger partial charge in [0.2, 0.25) is 0 Å². The highest BCUT2D eigenvalue weighted by atomic mass is 16.5. The summed E-state index contributed by atoms with van der Waals surface area (Å²) < 4.78 is 7.47. The van der Waals surface area contributed by atoms with E-state index in [1.54, 1.807) is 4.68 Å². The smallest absolute Gasteiger partial charge is 0.274 e. The third kappa shape index (κ3) is 3.08. The molecule has 0 saturated carbocycles. The zero-order chi connectivity index (χ0) is 17.5. The van der Waals surface area contributed by atoms with Gasteiger partial charge in [0.25, 0.3) is 5.91 Å². The number of morpholine rings is 1. The summed E-state index contributed by atoms with van der Waals surface area (Å²) in [6.45, 7) is 9.23. The summed E-state index contributed by atoms with van der Waals surface area (Å²) in [4.78, 5) is 14.9. The fourth-order valence-corrected chi connectivity index (χ4v) is 3.04. The molecular formula is C19H25N3O2. The number of hydrogen-bond acceptors (Lipinski definition) is 3. The summed E-state index contributed by atoms with van der Waals surface area (Å²) >= 11 is 0. The van der Waals surface area contributed by atoms with Crippen LogP contribution in [0.25, 0.3) is 11.3 Å². The van der Waals surface area contributed by atoms with Crippen molar-refractivity contribution in [2.45, 2.75) is 39.3 Å². The van der Waals surface area contributed by atoms with E-state index < -0.39 is 0 Å². The second-order valence-corrected chi connectivity index (χ2v) is 7.25. The van der Waals surface area contributed by atoms with Crippen LogP contribution in [0.5, 0.6) is 0 Å². The van der Waals surface area contributed by atoms with Gasteiger partial charge in [-0.25, -0.2) is 0 Å². The Morgan fingerprint density at radius 2 is 1.96 bits per heavy atom. The van der Waals surface area contributed by atoms with Gasteiger partial charge in [-0.2, -0.15) is 5.10 Å². The van der Waals surface area contributed by atoms with Crippen molar-refractivity contribution >= 4 is 5.91 Å². The summed E-state index contributed by atoms with van der Waals surface area (Å²) in [6.07, 6.45) is 0.0438. The molecule has 128 valence electrons. The van der Waals surface area contributed by atoms with E-state index in [1.807, 2.05) is 38.8 Å². The van der Waals surface area contributed by atoms with Crippen LogP contribution in [0.4, 0.5) is 0 Å². The third-order valence-electron chi connectivity index (χ3n) is 4.58. The van der Waals surface area contributed by atoms with Gasteiger partial charge in [0.15, 0.2) is 5.69 Å². The second-order valence-electron chi connectivity index (χ2n) is 7.25. The van der Waals surface area contributed by atoms with Crippen molar-refractivity contribution in [3.63, 3.8) is 0 Å². The number of rotatable bonds is 2. The molecule has 1 saturated heterocycles. The molecule has 1 fully saturated rings. The van der Waals surface area contributed by atoms with Crippen molar-refractivity contribution in [2.24, 2.45) is 7.05 Å². The van der Waals surface area contributed by atoms with Gasteiger partial charge in [-0.1, -0.05) is 29.8 Å². The maximum Gasteiger partial charge on any atom is 0.274 e. The van der Waals surface area contributed by atoms with Gasteiger partial charge in [-0.05, 0) is 39.3 Å². The van der Waals surface area contributed by atoms with Crippen LogP contribution in [0.2, 0.25) is 0 Å². The van der Waals surface area contributed by atoms with E-state index in [4.69, 9.17) is 4.74 Å². The zero-order valence-corrected chi connectivity index (χ0v) is 15.0. The lowest BCUT2D eigenvalue weighted by Gasteiger charge is -2.44. The summed E-state index contributed by atoms with van der Waals surface area (Å²) in [6, 6.07) is 10.1. The molecule has 1 aromatic carbocycles. The molecule has 0 N–H and O–H groups in total. The number of hydrogen-bond donors (Lipinski definition) is 0. The van der Waals surface area contributed by atoms with Gasteiger partial charge in [0.1, 0.15) is 0 Å². The van der Waals surface area contributed by atoms with Gasteiger partial charge in [-0.15, -0.1) is 0 Å². The molecule has 1 atom stereocenters. The molecular weight excluding hydrogens is 302 g/mol. The lowest BCUT2D eigenvalue weighted by atomic mass is 10.00. The van der Waals surface area contributed by atoms with E-state index in [2.05, 4.69) is 36.3 Å². The minimum atomic E-state index is -0.328. The molecule has 1 unspecified atom stereocenters. The van der Waals surface area contributed by atoms with Crippen LogP contribution in [0.15, 0.2) is 30.3 Å². The van der Waals surface area contributed by atoms with Gasteiger partial charge in [-0.3, -0.25) is 9.48 Å². The highest BCUT2D eigenvalue weighted by molar-refractivity contribution is 5.94. The van der Waals surface area contributed by atoms with Crippen LogP contribution in [0, 0.1) is 6.92 Å². The fraction of sp³-hybridized carbons (Fsp3) is 0.474. The molecule has 0 aliphatic carbocycles. The van der Waals surface area contributed by atoms with Crippen molar-refractivity contribution in [1.29, 1.82) is 0 Å². The highest BCUT2D eigenvalue weighted by Gasteiger charge is 2.38. The van der Waals surface area contributed by atoms with E-state index in [0.29, 0.717) is 18.8 Å². The van der Waals surface area contributed by atoms with E-state index in [0.717, 1.165) is 11.3 Å². The lowest BCUT2D eigenvalue weighted by molar-refractivity contribution is -0.0757. The standard InChI is InChI=1S/C19H25N3O2/c1-13-6-8-15(9-7-13)17-10-16(20-21(17)5)18(23)22-11-14(2)24-12-19(22,3)4/h6-10,14H,11-12H2,1-5H3. The fourth-order valence-electron chi connectivity index (χ4n) is 3.04. The first-order chi connectivity index (χ1) is 11.3. The Morgan fingerprint density at radius 3 is 2.62 bits per heavy atom. The van der Waals surface area contributed by atoms with Crippen LogP contribution in [0.1, 0.15) is 36.8 Å². The van der Waals surface area contributed by atoms with Crippen molar-refractivity contribution < 1.29 is 9.53 Å². The van der Waals surface area contributed by atoms with Crippen LogP contribution in [0.3, 0.4) is 0 Å². The molecule has 24 heavy (non-hydrogen) atoms. The van der Waals surface area contributed by atoms with E-state index in [1.165, 1.54) is 5.56 Å². The van der Waals surface area contributed by atoms with E-state index in [-0.39, 0.29) is 17.6 Å². The van der Waals surface area contributed by atoms with Crippen LogP contribution >= 0.6 is 0 Å². The first kappa shape index (κ1) is 16.7. The number of benzene rings is 1. The van der Waals surface area contributed by atoms with E-state index >= 15 is 0 Å². The highest BCUT2D eigenvalue weighted by Crippen LogP contribution is 2.26. The van der Waals surface area contributed by atoms with Crippen molar-refractivity contribution in [3.05, 3.63) is 41.6 Å². The molecule has 0 radical (unpaired) electrons. The van der Waals surface area contributed by atoms with Crippen molar-refractivity contribution in [3.8, 4) is 11.3 Å². The topological polar surface area (TPSA) is 47.4 Å². The van der Waals surface area contributed by atoms with Crippen LogP contribution < -0.4 is 0 Å². The third-order valence-corrected chi connectivity index (χ3v) is 4.58. The molecule has 1 aliphatic rings. The Kier molecular flexibility index (Phi) is 4.22. The van der Waals surface area contributed by atoms with Crippen LogP contribution in [-0.4, -0.2) is 45.4 Å². The molecule has 5 nitrogen and oxygen atoms in total. The maximum absolute atomic E-state index is 13.0. The van der Waals surface area contributed by atoms with Gasteiger partial charge in [0.05, 0.1) is 23.9 Å². The first-order valence-corrected chi connectivity index (χ1v) is 8.32. The maximum atomic E-state index is 13.0. The number of aryl methyl sites for hydroxylation is 2. The summed E-state index contributed by atoms with van der Waals surface area (Å²) in [5.41, 5.74) is 3.36. The Bertz CT molecular complexity index is 746. The van der Waals surface area contributed by atoms with Gasteiger partial charge >= 0.3 is 0 Å². The number of aromatic nitrogens is 2. The lowest BCUT2D eigenvalue weighted by Crippen LogP contribution is -2.57. The second kappa shape index (κ2) is 6.06. The molecule has 1 amide bonds. The van der Waals surface area contributed by atoms with Crippen LogP contribution in [-0.2, 0) is 11.8 Å². The Morgan fingerprint density at radius 1 is 1.29 bits per heavy atom. The average Bonchev–Trinajstić information content (AvgIpc) is 2.92.